The molecule has 0 heterocycles. The van der Waals surface area contributed by atoms with Crippen LogP contribution >= 0.6 is 0 Å². The minimum absolute atomic E-state index is 0.514. The zero-order valence-electron chi connectivity index (χ0n) is 4.85. The molecule has 1 rings (SSSR count). The van der Waals surface area contributed by atoms with Crippen LogP contribution in [0.3, 0.4) is 0 Å². The summed E-state index contributed by atoms with van der Waals surface area (Å²) in [5.41, 5.74) is 5.68. The van der Waals surface area contributed by atoms with Crippen LogP contribution in [0.1, 0.15) is 26.2 Å². The molecule has 7 heavy (non-hydrogen) atoms. The molecule has 1 atom stereocenters. The molecule has 42 valence electrons. The second-order valence-corrected chi connectivity index (χ2v) is 2.41. The molecule has 0 spiro atoms. The number of nitrogens with two attached hydrogens (primary N) is 1. The second kappa shape index (κ2) is 1.83. The van der Waals surface area contributed by atoms with E-state index >= 15 is 0 Å². The number of hydrogen-bond acceptors (Lipinski definition) is 1. The molecule has 0 aromatic rings. The minimum Gasteiger partial charge on any atom is -0.327 e. The first-order chi connectivity index (χ1) is 3.34. The van der Waals surface area contributed by atoms with Crippen LogP contribution in [0.15, 0.2) is 0 Å². The van der Waals surface area contributed by atoms with Crippen LogP contribution in [-0.2, 0) is 0 Å². The van der Waals surface area contributed by atoms with Gasteiger partial charge in [-0.3, -0.25) is 0 Å². The van der Waals surface area contributed by atoms with Gasteiger partial charge in [0.15, 0.2) is 0 Å². The molecule has 0 saturated heterocycles. The van der Waals surface area contributed by atoms with Gasteiger partial charge in [0.05, 0.1) is 0 Å². The molecule has 1 saturated carbocycles. The van der Waals surface area contributed by atoms with Crippen LogP contribution in [0.4, 0.5) is 0 Å². The second-order valence-electron chi connectivity index (χ2n) is 2.41. The van der Waals surface area contributed by atoms with Gasteiger partial charge in [-0.25, -0.2) is 0 Å². The fourth-order valence-corrected chi connectivity index (χ4v) is 0.858. The summed E-state index contributed by atoms with van der Waals surface area (Å²) in [6.45, 7) is 2.16. The van der Waals surface area contributed by atoms with Gasteiger partial charge in [0, 0.05) is 6.04 Å². The average Bonchev–Trinajstić information content (AvgIpc) is 2.44. The lowest BCUT2D eigenvalue weighted by Gasteiger charge is -2.02. The zero-order chi connectivity index (χ0) is 5.28. The van der Waals surface area contributed by atoms with E-state index in [2.05, 4.69) is 6.92 Å². The lowest BCUT2D eigenvalue weighted by atomic mass is 10.1. The van der Waals surface area contributed by atoms with Gasteiger partial charge in [0.25, 0.3) is 0 Å². The van der Waals surface area contributed by atoms with E-state index in [1.807, 2.05) is 0 Å². The Hall–Kier alpha value is -0.0400. The van der Waals surface area contributed by atoms with Crippen LogP contribution in [0.2, 0.25) is 0 Å². The maximum atomic E-state index is 5.68. The lowest BCUT2D eigenvalue weighted by Crippen LogP contribution is -2.20. The van der Waals surface area contributed by atoms with E-state index in [1.165, 1.54) is 12.8 Å². The highest BCUT2D eigenvalue weighted by Crippen LogP contribution is 2.32. The molecule has 0 aromatic carbocycles. The highest BCUT2D eigenvalue weighted by atomic mass is 14.7. The van der Waals surface area contributed by atoms with Crippen molar-refractivity contribution in [1.82, 2.24) is 0 Å². The number of hydrogen-bond donors (Lipinski definition) is 1. The molecule has 2 N–H and O–H groups in total. The summed E-state index contributed by atoms with van der Waals surface area (Å²) in [5, 5.41) is 0. The molecule has 0 bridgehead atoms. The SMILES string of the molecule is CCC(N)C1CC1. The Kier molecular flexibility index (Phi) is 1.33. The molecule has 1 nitrogen and oxygen atoms in total. The molecule has 1 fully saturated rings. The zero-order valence-corrected chi connectivity index (χ0v) is 4.85. The first kappa shape index (κ1) is 5.10. The van der Waals surface area contributed by atoms with Crippen LogP contribution in [0, 0.1) is 5.92 Å². The quantitative estimate of drug-likeness (QED) is 0.552. The third-order valence-electron chi connectivity index (χ3n) is 1.70. The first-order valence-electron chi connectivity index (χ1n) is 3.10. The van der Waals surface area contributed by atoms with Gasteiger partial charge in [-0.1, -0.05) is 6.92 Å². The fourth-order valence-electron chi connectivity index (χ4n) is 0.858. The van der Waals surface area contributed by atoms with E-state index < -0.39 is 0 Å². The smallest absolute Gasteiger partial charge is 0.00645 e. The lowest BCUT2D eigenvalue weighted by molar-refractivity contribution is 0.577. The summed E-state index contributed by atoms with van der Waals surface area (Å²) < 4.78 is 0. The summed E-state index contributed by atoms with van der Waals surface area (Å²) in [6, 6.07) is 0.514. The predicted octanol–water partition coefficient (Wildman–Crippen LogP) is 1.13. The molecule has 1 aliphatic carbocycles. The van der Waals surface area contributed by atoms with Crippen molar-refractivity contribution < 1.29 is 0 Å². The Morgan fingerprint density at radius 3 is 2.43 bits per heavy atom. The van der Waals surface area contributed by atoms with Gasteiger partial charge in [0.1, 0.15) is 0 Å². The Morgan fingerprint density at radius 1 is 1.71 bits per heavy atom. The van der Waals surface area contributed by atoms with E-state index in [-0.39, 0.29) is 0 Å². The van der Waals surface area contributed by atoms with E-state index in [0.717, 1.165) is 12.3 Å². The molecular weight excluding hydrogens is 86.1 g/mol. The Balaban J connectivity index is 2.10. The van der Waals surface area contributed by atoms with Gasteiger partial charge in [-0.05, 0) is 25.2 Å². The maximum absolute atomic E-state index is 5.68. The average molecular weight is 99.2 g/mol. The predicted molar refractivity (Wildman–Crippen MR) is 31.0 cm³/mol. The van der Waals surface area contributed by atoms with Crippen molar-refractivity contribution in [3.63, 3.8) is 0 Å². The largest absolute Gasteiger partial charge is 0.327 e. The minimum atomic E-state index is 0.514. The third-order valence-corrected chi connectivity index (χ3v) is 1.70. The molecule has 0 aliphatic heterocycles. The van der Waals surface area contributed by atoms with Gasteiger partial charge in [-0.2, -0.15) is 0 Å². The first-order valence-corrected chi connectivity index (χ1v) is 3.10. The van der Waals surface area contributed by atoms with Crippen molar-refractivity contribution in [2.45, 2.75) is 32.2 Å². The monoisotopic (exact) mass is 99.1 g/mol. The van der Waals surface area contributed by atoms with Crippen molar-refractivity contribution in [2.24, 2.45) is 11.7 Å². The van der Waals surface area contributed by atoms with Gasteiger partial charge in [-0.15, -0.1) is 0 Å². The van der Waals surface area contributed by atoms with Crippen molar-refractivity contribution in [3.8, 4) is 0 Å². The summed E-state index contributed by atoms with van der Waals surface area (Å²) >= 11 is 0. The molecule has 0 radical (unpaired) electrons. The van der Waals surface area contributed by atoms with E-state index in [0.29, 0.717) is 6.04 Å². The summed E-state index contributed by atoms with van der Waals surface area (Å²) in [7, 11) is 0. The van der Waals surface area contributed by atoms with Crippen LogP contribution < -0.4 is 5.73 Å². The van der Waals surface area contributed by atoms with E-state index in [1.54, 1.807) is 0 Å². The highest BCUT2D eigenvalue weighted by Gasteiger charge is 2.26. The Labute approximate surface area is 44.9 Å². The van der Waals surface area contributed by atoms with Gasteiger partial charge >= 0.3 is 0 Å². The third kappa shape index (κ3) is 1.16. The molecule has 0 amide bonds. The van der Waals surface area contributed by atoms with Crippen LogP contribution in [0.25, 0.3) is 0 Å². The standard InChI is InChI=1S/C6H13N/c1-2-6(7)5-3-4-5/h5-6H,2-4,7H2,1H3. The van der Waals surface area contributed by atoms with Gasteiger partial charge in [0.2, 0.25) is 0 Å². The van der Waals surface area contributed by atoms with Crippen molar-refractivity contribution in [1.29, 1.82) is 0 Å². The molecule has 1 heteroatoms. The van der Waals surface area contributed by atoms with Crippen LogP contribution in [-0.4, -0.2) is 6.04 Å². The molecule has 0 aromatic heterocycles. The van der Waals surface area contributed by atoms with Crippen molar-refractivity contribution >= 4 is 0 Å². The fraction of sp³-hybridized carbons (Fsp3) is 1.00. The summed E-state index contributed by atoms with van der Waals surface area (Å²) in [5.74, 6) is 0.894. The maximum Gasteiger partial charge on any atom is 0.00645 e. The van der Waals surface area contributed by atoms with Crippen molar-refractivity contribution in [3.05, 3.63) is 0 Å². The Morgan fingerprint density at radius 2 is 2.29 bits per heavy atom. The van der Waals surface area contributed by atoms with E-state index in [9.17, 15) is 0 Å². The summed E-state index contributed by atoms with van der Waals surface area (Å²) in [4.78, 5) is 0. The number of rotatable bonds is 2. The normalized spacial score (nSPS) is 24.9. The molecule has 1 aliphatic rings. The highest BCUT2D eigenvalue weighted by molar-refractivity contribution is 4.82. The molecule has 1 unspecified atom stereocenters. The topological polar surface area (TPSA) is 26.0 Å². The van der Waals surface area contributed by atoms with Crippen LogP contribution in [0.5, 0.6) is 0 Å². The van der Waals surface area contributed by atoms with Gasteiger partial charge < -0.3 is 5.73 Å². The Bertz CT molecular complexity index is 57.2. The van der Waals surface area contributed by atoms with E-state index in [4.69, 9.17) is 5.73 Å². The van der Waals surface area contributed by atoms with Crippen molar-refractivity contribution in [2.75, 3.05) is 0 Å². The molecular formula is C6H13N. The summed E-state index contributed by atoms with van der Waals surface area (Å²) in [6.07, 6.45) is 3.93.